The molecule has 1 aliphatic rings. The number of ether oxygens (including phenoxy) is 1. The van der Waals surface area contributed by atoms with Gasteiger partial charge in [0.25, 0.3) is 0 Å². The van der Waals surface area contributed by atoms with Gasteiger partial charge in [0, 0.05) is 4.88 Å². The van der Waals surface area contributed by atoms with Crippen molar-refractivity contribution in [2.24, 2.45) is 17.8 Å². The molecular formula is C59H80OS. The normalized spacial score (nSPS) is 11.8. The molecule has 6 rings (SSSR count). The zero-order valence-electron chi connectivity index (χ0n) is 40.3. The summed E-state index contributed by atoms with van der Waals surface area (Å²) in [6.07, 6.45) is 20.6. The van der Waals surface area contributed by atoms with Crippen molar-refractivity contribution >= 4 is 23.5 Å². The van der Waals surface area contributed by atoms with Crippen LogP contribution in [0.1, 0.15) is 140 Å². The summed E-state index contributed by atoms with van der Waals surface area (Å²) in [5, 5.41) is 2.12. The van der Waals surface area contributed by atoms with Gasteiger partial charge in [0.15, 0.2) is 0 Å². The first-order valence-electron chi connectivity index (χ1n) is 22.3. The number of benzene rings is 4. The Hall–Kier alpha value is -4.92. The molecule has 0 N–H and O–H groups in total. The van der Waals surface area contributed by atoms with Crippen molar-refractivity contribution in [3.05, 3.63) is 208 Å². The summed E-state index contributed by atoms with van der Waals surface area (Å²) in [5.41, 5.74) is 8.18. The molecule has 0 atom stereocenters. The first kappa shape index (κ1) is 54.1. The molecule has 4 aromatic carbocycles. The maximum Gasteiger partial charge on any atom is 0.118 e. The smallest absolute Gasteiger partial charge is 0.118 e. The van der Waals surface area contributed by atoms with Gasteiger partial charge >= 0.3 is 0 Å². The van der Waals surface area contributed by atoms with E-state index < -0.39 is 0 Å². The van der Waals surface area contributed by atoms with Crippen LogP contribution < -0.4 is 4.74 Å². The van der Waals surface area contributed by atoms with Gasteiger partial charge in [-0.15, -0.1) is 11.3 Å². The summed E-state index contributed by atoms with van der Waals surface area (Å²) in [6.45, 7) is 28.5. The predicted octanol–water partition coefficient (Wildman–Crippen LogP) is 18.6. The molecule has 0 aliphatic heterocycles. The minimum Gasteiger partial charge on any atom is -0.497 e. The van der Waals surface area contributed by atoms with Crippen molar-refractivity contribution in [3.63, 3.8) is 0 Å². The predicted molar refractivity (Wildman–Crippen MR) is 277 cm³/mol. The second-order valence-electron chi connectivity index (χ2n) is 17.1. The molecule has 5 aromatic rings. The summed E-state index contributed by atoms with van der Waals surface area (Å²) in [7, 11) is 1.68. The Morgan fingerprint density at radius 1 is 0.508 bits per heavy atom. The third-order valence-electron chi connectivity index (χ3n) is 9.35. The average molecular weight is 837 g/mol. The second kappa shape index (κ2) is 32.8. The minimum absolute atomic E-state index is 0.598. The molecular weight excluding hydrogens is 757 g/mol. The molecule has 0 amide bonds. The number of hydrogen-bond donors (Lipinski definition) is 0. The summed E-state index contributed by atoms with van der Waals surface area (Å²) >= 11 is 1.83. The summed E-state index contributed by atoms with van der Waals surface area (Å²) < 4.78 is 5.05. The Labute approximate surface area is 378 Å². The van der Waals surface area contributed by atoms with Crippen LogP contribution >= 0.6 is 11.3 Å². The highest BCUT2D eigenvalue weighted by Gasteiger charge is 2.02. The fourth-order valence-electron chi connectivity index (χ4n) is 5.34. The van der Waals surface area contributed by atoms with Gasteiger partial charge in [0.05, 0.1) is 7.11 Å². The number of thiophene rings is 1. The number of aryl methyl sites for hydroxylation is 1. The van der Waals surface area contributed by atoms with E-state index in [-0.39, 0.29) is 0 Å². The molecule has 1 heterocycles. The quantitative estimate of drug-likeness (QED) is 0.127. The van der Waals surface area contributed by atoms with Crippen LogP contribution in [-0.2, 0) is 0 Å². The molecule has 1 aromatic heterocycles. The molecule has 0 saturated carbocycles. The lowest BCUT2D eigenvalue weighted by Crippen LogP contribution is -1.88. The van der Waals surface area contributed by atoms with E-state index in [1.807, 2.05) is 47.7 Å². The van der Waals surface area contributed by atoms with Crippen LogP contribution in [0.5, 0.6) is 5.75 Å². The van der Waals surface area contributed by atoms with Gasteiger partial charge in [0.1, 0.15) is 5.75 Å². The third-order valence-corrected chi connectivity index (χ3v) is 10.5. The van der Waals surface area contributed by atoms with Crippen molar-refractivity contribution < 1.29 is 4.74 Å². The van der Waals surface area contributed by atoms with Gasteiger partial charge < -0.3 is 4.74 Å². The highest BCUT2D eigenvalue weighted by Crippen LogP contribution is 2.20. The highest BCUT2D eigenvalue weighted by atomic mass is 32.1. The van der Waals surface area contributed by atoms with E-state index in [1.54, 1.807) is 12.7 Å². The first-order valence-corrected chi connectivity index (χ1v) is 23.2. The summed E-state index contributed by atoms with van der Waals surface area (Å²) in [4.78, 5) is 1.48. The Morgan fingerprint density at radius 2 is 1.05 bits per heavy atom. The van der Waals surface area contributed by atoms with Gasteiger partial charge in [-0.2, -0.15) is 0 Å². The Morgan fingerprint density at radius 3 is 1.44 bits per heavy atom. The van der Waals surface area contributed by atoms with E-state index in [0.717, 1.165) is 11.7 Å². The third kappa shape index (κ3) is 27.5. The zero-order chi connectivity index (χ0) is 45.4. The summed E-state index contributed by atoms with van der Waals surface area (Å²) in [6, 6.07) is 41.9. The zero-order valence-corrected chi connectivity index (χ0v) is 41.1. The maximum absolute atomic E-state index is 5.05. The lowest BCUT2D eigenvalue weighted by Gasteiger charge is -2.05. The molecule has 0 spiro atoms. The van der Waals surface area contributed by atoms with E-state index in [2.05, 4.69) is 235 Å². The van der Waals surface area contributed by atoms with Gasteiger partial charge in [0.2, 0.25) is 0 Å². The van der Waals surface area contributed by atoms with Crippen LogP contribution in [0.25, 0.3) is 12.2 Å². The lowest BCUT2D eigenvalue weighted by atomic mass is 10.0. The Kier molecular flexibility index (Phi) is 29.1. The van der Waals surface area contributed by atoms with E-state index in [9.17, 15) is 0 Å². The SMILES string of the molecule is CC(C)/C=C/C=C/c1ccccc1.CC(C)C1=CC=CC1.CC(C)c1ccccc1.CC(C)c1cccs1.COc1ccc(C(C)C)cc1.Cc1ccc(/C=C/C(C)C)cc1. The van der Waals surface area contributed by atoms with Gasteiger partial charge in [-0.25, -0.2) is 0 Å². The van der Waals surface area contributed by atoms with Crippen molar-refractivity contribution in [1.29, 1.82) is 0 Å². The number of allylic oxidation sites excluding steroid dienone is 8. The maximum atomic E-state index is 5.05. The number of methoxy groups -OCH3 is 1. The monoisotopic (exact) mass is 837 g/mol. The fourth-order valence-corrected chi connectivity index (χ4v) is 6.08. The lowest BCUT2D eigenvalue weighted by molar-refractivity contribution is 0.414. The highest BCUT2D eigenvalue weighted by molar-refractivity contribution is 7.10. The first-order chi connectivity index (χ1) is 29.1. The molecule has 1 nitrogen and oxygen atoms in total. The van der Waals surface area contributed by atoms with E-state index >= 15 is 0 Å². The van der Waals surface area contributed by atoms with Crippen LogP contribution in [0, 0.1) is 24.7 Å². The molecule has 0 unspecified atom stereocenters. The number of rotatable bonds is 10. The molecule has 0 bridgehead atoms. The van der Waals surface area contributed by atoms with Crippen molar-refractivity contribution in [3.8, 4) is 5.75 Å². The average Bonchev–Trinajstić information content (AvgIpc) is 4.01. The molecule has 0 fully saturated rings. The van der Waals surface area contributed by atoms with E-state index in [1.165, 1.54) is 39.1 Å². The van der Waals surface area contributed by atoms with E-state index in [4.69, 9.17) is 4.74 Å². The van der Waals surface area contributed by atoms with Crippen LogP contribution in [0.15, 0.2) is 175 Å². The molecule has 0 radical (unpaired) electrons. The van der Waals surface area contributed by atoms with Crippen molar-refractivity contribution in [2.45, 2.75) is 114 Å². The molecule has 0 saturated heterocycles. The number of hydrogen-bond acceptors (Lipinski definition) is 2. The van der Waals surface area contributed by atoms with Crippen LogP contribution in [0.3, 0.4) is 0 Å². The van der Waals surface area contributed by atoms with Gasteiger partial charge in [-0.1, -0.05) is 252 Å². The van der Waals surface area contributed by atoms with Crippen LogP contribution in [0.2, 0.25) is 0 Å². The van der Waals surface area contributed by atoms with Gasteiger partial charge in [-0.3, -0.25) is 0 Å². The second-order valence-corrected chi connectivity index (χ2v) is 18.1. The van der Waals surface area contributed by atoms with Gasteiger partial charge in [-0.05, 0) is 94.7 Å². The van der Waals surface area contributed by atoms with Crippen LogP contribution in [-0.4, -0.2) is 7.11 Å². The molecule has 61 heavy (non-hydrogen) atoms. The Balaban J connectivity index is 0.000000369. The minimum atomic E-state index is 0.598. The van der Waals surface area contributed by atoms with Crippen molar-refractivity contribution in [1.82, 2.24) is 0 Å². The Bertz CT molecular complexity index is 1920. The van der Waals surface area contributed by atoms with Crippen LogP contribution in [0.4, 0.5) is 0 Å². The molecule has 2 heteroatoms. The topological polar surface area (TPSA) is 9.23 Å². The largest absolute Gasteiger partial charge is 0.497 e. The molecule has 328 valence electrons. The van der Waals surface area contributed by atoms with Crippen molar-refractivity contribution in [2.75, 3.05) is 7.11 Å². The van der Waals surface area contributed by atoms with E-state index in [0.29, 0.717) is 29.6 Å². The summed E-state index contributed by atoms with van der Waals surface area (Å²) in [5.74, 6) is 4.88. The fraction of sp³-hybridized carbons (Fsp3) is 0.356. The standard InChI is InChI=1S/C13H16.C12H16.C10H14O.C9H12.C8H12.C7H10S/c1-12(2)8-6-7-11-13-9-4-3-5-10-13;1-10(2)4-7-12-8-5-11(3)6-9-12;1-8(2)9-4-6-10(11-3)7-5-9;1-8(2)9-6-4-3-5-7-9;1-7(2)8-5-3-4-6-8;1-6(2)7-4-3-5-8-7/h3-12H,1-2H3;4-10H,1-3H3;4-8H,1-3H3;3-8H,1-2H3;3-5,7H,6H2,1-2H3;3-6H,1-2H3/b8-6+,11-7+;7-4+;;;;. The molecule has 1 aliphatic carbocycles.